The van der Waals surface area contributed by atoms with Gasteiger partial charge in [0.15, 0.2) is 5.69 Å². The molecule has 0 aromatic carbocycles. The number of aromatic nitrogens is 2. The third-order valence-corrected chi connectivity index (χ3v) is 3.08. The molecule has 0 aliphatic carbocycles. The van der Waals surface area contributed by atoms with Crippen LogP contribution in [0.25, 0.3) is 0 Å². The lowest BCUT2D eigenvalue weighted by Gasteiger charge is -2.35. The zero-order chi connectivity index (χ0) is 11.0. The van der Waals surface area contributed by atoms with Crippen LogP contribution in [0.1, 0.15) is 21.7 Å². The van der Waals surface area contributed by atoms with Crippen molar-refractivity contribution in [2.45, 2.75) is 19.9 Å². The molecule has 1 aliphatic rings. The Bertz CT molecular complexity index is 381. The predicted octanol–water partition coefficient (Wildman–Crippen LogP) is 0.0703. The number of likely N-dealkylation sites (N-methyl/N-ethyl adjacent to an activating group) is 1. The number of hydrogen-bond acceptors (Lipinski definition) is 3. The molecule has 82 valence electrons. The number of hydrogen-bond donors (Lipinski definition) is 2. The smallest absolute Gasteiger partial charge is 0.274 e. The molecule has 1 aliphatic heterocycles. The van der Waals surface area contributed by atoms with E-state index in [0.717, 1.165) is 24.3 Å². The van der Waals surface area contributed by atoms with Gasteiger partial charge in [-0.25, -0.2) is 0 Å². The Hall–Kier alpha value is -1.36. The fourth-order valence-corrected chi connectivity index (χ4v) is 1.57. The summed E-state index contributed by atoms with van der Waals surface area (Å²) in [6, 6.07) is 0.314. The topological polar surface area (TPSA) is 61.0 Å². The van der Waals surface area contributed by atoms with Crippen LogP contribution in [-0.4, -0.2) is 47.2 Å². The Labute approximate surface area is 88.8 Å². The maximum Gasteiger partial charge on any atom is 0.274 e. The molecule has 5 nitrogen and oxygen atoms in total. The Morgan fingerprint density at radius 3 is 2.53 bits per heavy atom. The van der Waals surface area contributed by atoms with Gasteiger partial charge in [0.2, 0.25) is 0 Å². The first-order valence-electron chi connectivity index (χ1n) is 5.10. The number of H-pyrrole nitrogens is 1. The van der Waals surface area contributed by atoms with E-state index in [9.17, 15) is 4.79 Å². The largest absolute Gasteiger partial charge is 0.335 e. The molecule has 2 N–H and O–H groups in total. The molecular formula is C10H16N4O. The van der Waals surface area contributed by atoms with Crippen LogP contribution < -0.4 is 5.32 Å². The van der Waals surface area contributed by atoms with Crippen molar-refractivity contribution in [3.05, 3.63) is 17.0 Å². The van der Waals surface area contributed by atoms with Crippen molar-refractivity contribution in [3.8, 4) is 0 Å². The number of nitrogens with zero attached hydrogens (tertiary/aromatic N) is 2. The molecule has 1 fully saturated rings. The maximum atomic E-state index is 12.0. The molecule has 1 aromatic heterocycles. The summed E-state index contributed by atoms with van der Waals surface area (Å²) in [5.41, 5.74) is 2.44. The van der Waals surface area contributed by atoms with Crippen LogP contribution >= 0.6 is 0 Å². The number of amides is 1. The van der Waals surface area contributed by atoms with Gasteiger partial charge >= 0.3 is 0 Å². The normalized spacial score (nSPS) is 16.2. The van der Waals surface area contributed by atoms with Gasteiger partial charge < -0.3 is 10.2 Å². The monoisotopic (exact) mass is 208 g/mol. The van der Waals surface area contributed by atoms with E-state index in [1.165, 1.54) is 0 Å². The van der Waals surface area contributed by atoms with Crippen molar-refractivity contribution in [1.82, 2.24) is 20.4 Å². The fraction of sp³-hybridized carbons (Fsp3) is 0.600. The first kappa shape index (κ1) is 10.2. The second-order valence-corrected chi connectivity index (χ2v) is 4.05. The lowest BCUT2D eigenvalue weighted by Crippen LogP contribution is -2.57. The molecule has 5 heteroatoms. The lowest BCUT2D eigenvalue weighted by molar-refractivity contribution is 0.0674. The minimum absolute atomic E-state index is 0.00310. The molecule has 0 saturated carbocycles. The second-order valence-electron chi connectivity index (χ2n) is 4.05. The van der Waals surface area contributed by atoms with Crippen LogP contribution in [0.5, 0.6) is 0 Å². The SMILES string of the molecule is Cc1[nH]nc(C(=O)N(C)C2CNC2)c1C. The van der Waals surface area contributed by atoms with Gasteiger partial charge in [0.05, 0.1) is 6.04 Å². The summed E-state index contributed by atoms with van der Waals surface area (Å²) < 4.78 is 0. The highest BCUT2D eigenvalue weighted by Gasteiger charge is 2.28. The van der Waals surface area contributed by atoms with E-state index in [-0.39, 0.29) is 5.91 Å². The molecule has 0 bridgehead atoms. The van der Waals surface area contributed by atoms with E-state index in [2.05, 4.69) is 15.5 Å². The maximum absolute atomic E-state index is 12.0. The van der Waals surface area contributed by atoms with E-state index in [1.807, 2.05) is 20.9 Å². The highest BCUT2D eigenvalue weighted by atomic mass is 16.2. The second kappa shape index (κ2) is 3.66. The van der Waals surface area contributed by atoms with Crippen molar-refractivity contribution in [3.63, 3.8) is 0 Å². The van der Waals surface area contributed by atoms with Crippen molar-refractivity contribution >= 4 is 5.91 Å². The van der Waals surface area contributed by atoms with Gasteiger partial charge in [0.25, 0.3) is 5.91 Å². The van der Waals surface area contributed by atoms with Crippen LogP contribution in [0.2, 0.25) is 0 Å². The highest BCUT2D eigenvalue weighted by molar-refractivity contribution is 5.94. The summed E-state index contributed by atoms with van der Waals surface area (Å²) in [7, 11) is 1.83. The highest BCUT2D eigenvalue weighted by Crippen LogP contribution is 2.13. The Morgan fingerprint density at radius 1 is 1.47 bits per heavy atom. The molecule has 2 heterocycles. The van der Waals surface area contributed by atoms with E-state index in [1.54, 1.807) is 4.90 Å². The third kappa shape index (κ3) is 1.63. The first-order chi connectivity index (χ1) is 7.11. The molecule has 1 aromatic rings. The summed E-state index contributed by atoms with van der Waals surface area (Å²) in [5.74, 6) is 0.00310. The molecule has 0 radical (unpaired) electrons. The molecule has 0 atom stereocenters. The molecule has 2 rings (SSSR count). The predicted molar refractivity (Wildman–Crippen MR) is 56.8 cm³/mol. The number of nitrogens with one attached hydrogen (secondary N) is 2. The first-order valence-corrected chi connectivity index (χ1v) is 5.10. The number of carbonyl (C=O) groups is 1. The zero-order valence-corrected chi connectivity index (χ0v) is 9.29. The van der Waals surface area contributed by atoms with Gasteiger partial charge in [-0.15, -0.1) is 0 Å². The van der Waals surface area contributed by atoms with Crippen molar-refractivity contribution in [2.75, 3.05) is 20.1 Å². The summed E-state index contributed by atoms with van der Waals surface area (Å²) in [5, 5.41) is 10.0. The van der Waals surface area contributed by atoms with Crippen LogP contribution in [0, 0.1) is 13.8 Å². The number of aromatic amines is 1. The number of aryl methyl sites for hydroxylation is 1. The third-order valence-electron chi connectivity index (χ3n) is 3.08. The average molecular weight is 208 g/mol. The Kier molecular flexibility index (Phi) is 2.48. The molecule has 15 heavy (non-hydrogen) atoms. The van der Waals surface area contributed by atoms with Gasteiger partial charge in [-0.3, -0.25) is 9.89 Å². The molecular weight excluding hydrogens is 192 g/mol. The van der Waals surface area contributed by atoms with Crippen molar-refractivity contribution < 1.29 is 4.79 Å². The molecule has 1 saturated heterocycles. The van der Waals surface area contributed by atoms with Crippen LogP contribution in [0.15, 0.2) is 0 Å². The number of rotatable bonds is 2. The molecule has 0 spiro atoms. The van der Waals surface area contributed by atoms with Crippen LogP contribution in [0.4, 0.5) is 0 Å². The minimum atomic E-state index is 0.00310. The zero-order valence-electron chi connectivity index (χ0n) is 9.29. The Morgan fingerprint density at radius 2 is 2.13 bits per heavy atom. The summed E-state index contributed by atoms with van der Waals surface area (Å²) in [4.78, 5) is 13.8. The average Bonchev–Trinajstić information content (AvgIpc) is 2.44. The van der Waals surface area contributed by atoms with Gasteiger partial charge in [0, 0.05) is 31.4 Å². The van der Waals surface area contributed by atoms with E-state index in [4.69, 9.17) is 0 Å². The number of carbonyl (C=O) groups excluding carboxylic acids is 1. The minimum Gasteiger partial charge on any atom is -0.335 e. The summed E-state index contributed by atoms with van der Waals surface area (Å²) >= 11 is 0. The standard InChI is InChI=1S/C10H16N4O/c1-6-7(2)12-13-9(6)10(15)14(3)8-4-11-5-8/h8,11H,4-5H2,1-3H3,(H,12,13). The molecule has 1 amide bonds. The fourth-order valence-electron chi connectivity index (χ4n) is 1.57. The summed E-state index contributed by atoms with van der Waals surface area (Å²) in [6.45, 7) is 5.60. The van der Waals surface area contributed by atoms with E-state index >= 15 is 0 Å². The van der Waals surface area contributed by atoms with Gasteiger partial charge in [0.1, 0.15) is 0 Å². The van der Waals surface area contributed by atoms with Gasteiger partial charge in [-0.1, -0.05) is 0 Å². The van der Waals surface area contributed by atoms with Crippen LogP contribution in [-0.2, 0) is 0 Å². The van der Waals surface area contributed by atoms with Gasteiger partial charge in [-0.2, -0.15) is 5.10 Å². The van der Waals surface area contributed by atoms with Crippen LogP contribution in [0.3, 0.4) is 0 Å². The lowest BCUT2D eigenvalue weighted by atomic mass is 10.1. The Balaban J connectivity index is 2.16. The molecule has 0 unspecified atom stereocenters. The van der Waals surface area contributed by atoms with Crippen molar-refractivity contribution in [1.29, 1.82) is 0 Å². The summed E-state index contributed by atoms with van der Waals surface area (Å²) in [6.07, 6.45) is 0. The van der Waals surface area contributed by atoms with E-state index in [0.29, 0.717) is 11.7 Å². The van der Waals surface area contributed by atoms with Crippen molar-refractivity contribution in [2.24, 2.45) is 0 Å². The van der Waals surface area contributed by atoms with Gasteiger partial charge in [-0.05, 0) is 13.8 Å². The van der Waals surface area contributed by atoms with E-state index < -0.39 is 0 Å². The quantitative estimate of drug-likeness (QED) is 0.723.